The summed E-state index contributed by atoms with van der Waals surface area (Å²) < 4.78 is 13.1. The molecule has 6 heteroatoms. The van der Waals surface area contributed by atoms with Crippen LogP contribution >= 0.6 is 11.8 Å². The van der Waals surface area contributed by atoms with Crippen molar-refractivity contribution in [3.8, 4) is 0 Å². The normalized spacial score (nSPS) is 19.1. The van der Waals surface area contributed by atoms with E-state index >= 15 is 0 Å². The van der Waals surface area contributed by atoms with E-state index in [1.54, 1.807) is 23.2 Å². The van der Waals surface area contributed by atoms with Gasteiger partial charge in [0.25, 0.3) is 0 Å². The van der Waals surface area contributed by atoms with Crippen LogP contribution in [-0.2, 0) is 11.3 Å². The number of carbonyl (C=O) groups is 1. The molecule has 134 valence electrons. The maximum absolute atomic E-state index is 13.1. The van der Waals surface area contributed by atoms with Crippen LogP contribution in [0.5, 0.6) is 0 Å². The molecular weight excluding hydrogens is 349 g/mol. The molecule has 4 nitrogen and oxygen atoms in total. The Morgan fingerprint density at radius 1 is 1.19 bits per heavy atom. The Bertz CT molecular complexity index is 877. The zero-order valence-electron chi connectivity index (χ0n) is 14.9. The highest BCUT2D eigenvalue weighted by Crippen LogP contribution is 2.28. The molecule has 1 aliphatic heterocycles. The lowest BCUT2D eigenvalue weighted by atomic mass is 10.1. The molecule has 0 spiro atoms. The Kier molecular flexibility index (Phi) is 5.52. The van der Waals surface area contributed by atoms with Crippen molar-refractivity contribution in [3.63, 3.8) is 0 Å². The highest BCUT2D eigenvalue weighted by Gasteiger charge is 2.35. The molecule has 26 heavy (non-hydrogen) atoms. The zero-order chi connectivity index (χ0) is 18.7. The van der Waals surface area contributed by atoms with Crippen LogP contribution in [0.2, 0.25) is 0 Å². The van der Waals surface area contributed by atoms with Crippen molar-refractivity contribution in [2.24, 2.45) is 10.2 Å². The Morgan fingerprint density at radius 3 is 2.62 bits per heavy atom. The van der Waals surface area contributed by atoms with Gasteiger partial charge in [0, 0.05) is 0 Å². The van der Waals surface area contributed by atoms with E-state index < -0.39 is 0 Å². The summed E-state index contributed by atoms with van der Waals surface area (Å²) in [7, 11) is 0. The fraction of sp³-hybridized carbons (Fsp3) is 0.250. The third-order valence-electron chi connectivity index (χ3n) is 4.15. The van der Waals surface area contributed by atoms with Crippen LogP contribution in [0.15, 0.2) is 52.7 Å². The number of benzene rings is 2. The van der Waals surface area contributed by atoms with Gasteiger partial charge in [-0.2, -0.15) is 5.10 Å². The van der Waals surface area contributed by atoms with Crippen molar-refractivity contribution >= 4 is 29.1 Å². The molecule has 2 aromatic carbocycles. The van der Waals surface area contributed by atoms with Gasteiger partial charge in [-0.25, -0.2) is 4.39 Å². The molecule has 1 unspecified atom stereocenters. The van der Waals surface area contributed by atoms with Crippen molar-refractivity contribution < 1.29 is 9.18 Å². The maximum atomic E-state index is 13.1. The number of hydrogen-bond donors (Lipinski definition) is 0. The molecule has 1 heterocycles. The van der Waals surface area contributed by atoms with E-state index in [9.17, 15) is 9.18 Å². The average Bonchev–Trinajstić information content (AvgIpc) is 2.86. The van der Waals surface area contributed by atoms with Gasteiger partial charge < -0.3 is 0 Å². The van der Waals surface area contributed by atoms with Gasteiger partial charge in [-0.05, 0) is 49.6 Å². The van der Waals surface area contributed by atoms with Gasteiger partial charge in [0.2, 0.25) is 5.91 Å². The highest BCUT2D eigenvalue weighted by atomic mass is 32.2. The summed E-state index contributed by atoms with van der Waals surface area (Å²) in [4.78, 5) is 14.0. The fourth-order valence-electron chi connectivity index (χ4n) is 2.69. The number of nitrogens with zero attached hydrogens (tertiary/aromatic N) is 3. The first-order valence-corrected chi connectivity index (χ1v) is 9.23. The second-order valence-corrected chi connectivity index (χ2v) is 7.61. The van der Waals surface area contributed by atoms with Crippen molar-refractivity contribution in [2.75, 3.05) is 0 Å². The minimum atomic E-state index is -0.295. The number of thioether (sulfide) groups is 1. The molecule has 1 atom stereocenters. The fourth-order valence-corrected chi connectivity index (χ4v) is 3.61. The summed E-state index contributed by atoms with van der Waals surface area (Å²) in [5.74, 6) is -0.309. The lowest BCUT2D eigenvalue weighted by Crippen LogP contribution is -2.30. The van der Waals surface area contributed by atoms with Gasteiger partial charge in [0.15, 0.2) is 5.17 Å². The number of amides is 1. The smallest absolute Gasteiger partial charge is 0.242 e. The predicted molar refractivity (Wildman–Crippen MR) is 105 cm³/mol. The molecule has 0 bridgehead atoms. The summed E-state index contributed by atoms with van der Waals surface area (Å²) in [5.41, 5.74) is 4.16. The van der Waals surface area contributed by atoms with Crippen molar-refractivity contribution in [3.05, 3.63) is 70.5 Å². The second-order valence-electron chi connectivity index (χ2n) is 6.30. The summed E-state index contributed by atoms with van der Waals surface area (Å²) in [6, 6.07) is 12.2. The molecule has 1 saturated heterocycles. The topological polar surface area (TPSA) is 45.0 Å². The first kappa shape index (κ1) is 18.3. The highest BCUT2D eigenvalue weighted by molar-refractivity contribution is 8.15. The van der Waals surface area contributed by atoms with Crippen LogP contribution < -0.4 is 0 Å². The van der Waals surface area contributed by atoms with Crippen molar-refractivity contribution in [2.45, 2.75) is 32.6 Å². The van der Waals surface area contributed by atoms with Crippen LogP contribution in [0.1, 0.15) is 29.2 Å². The Balaban J connectivity index is 1.79. The van der Waals surface area contributed by atoms with Crippen LogP contribution in [0, 0.1) is 19.7 Å². The molecule has 0 aromatic heterocycles. The number of carbonyl (C=O) groups excluding carboxylic acids is 1. The molecule has 1 fully saturated rings. The summed E-state index contributed by atoms with van der Waals surface area (Å²) in [6.07, 6.45) is 1.70. The van der Waals surface area contributed by atoms with E-state index in [0.717, 1.165) is 16.7 Å². The van der Waals surface area contributed by atoms with Crippen LogP contribution in [0.25, 0.3) is 0 Å². The predicted octanol–water partition coefficient (Wildman–Crippen LogP) is 4.30. The number of halogens is 1. The molecular formula is C20H20FN3OS. The minimum absolute atomic E-state index is 0.0141. The van der Waals surface area contributed by atoms with Crippen molar-refractivity contribution in [1.82, 2.24) is 4.90 Å². The standard InChI is InChI=1S/C20H20FN3OS/c1-13-4-7-17(14(2)10-13)11-22-23-20-24(19(25)15(3)26-20)12-16-5-8-18(21)9-6-16/h4-11,15H,12H2,1-3H3/b22-11+,23-20-. The summed E-state index contributed by atoms with van der Waals surface area (Å²) in [6.45, 7) is 6.28. The third kappa shape index (κ3) is 4.19. The molecule has 1 aliphatic rings. The molecule has 0 N–H and O–H groups in total. The molecule has 3 rings (SSSR count). The van der Waals surface area contributed by atoms with Crippen LogP contribution in [0.3, 0.4) is 0 Å². The van der Waals surface area contributed by atoms with Gasteiger partial charge in [0.1, 0.15) is 5.82 Å². The van der Waals surface area contributed by atoms with Gasteiger partial charge in [-0.1, -0.05) is 47.7 Å². The quantitative estimate of drug-likeness (QED) is 0.596. The number of aryl methyl sites for hydroxylation is 2. The van der Waals surface area contributed by atoms with Gasteiger partial charge in [-0.15, -0.1) is 5.10 Å². The van der Waals surface area contributed by atoms with E-state index in [4.69, 9.17) is 0 Å². The summed E-state index contributed by atoms with van der Waals surface area (Å²) >= 11 is 1.38. The number of rotatable bonds is 4. The Labute approximate surface area is 156 Å². The van der Waals surface area contributed by atoms with Crippen LogP contribution in [-0.4, -0.2) is 27.4 Å². The van der Waals surface area contributed by atoms with E-state index in [1.807, 2.05) is 32.9 Å². The lowest BCUT2D eigenvalue weighted by Gasteiger charge is -2.15. The molecule has 0 aliphatic carbocycles. The second kappa shape index (κ2) is 7.83. The van der Waals surface area contributed by atoms with Crippen molar-refractivity contribution in [1.29, 1.82) is 0 Å². The lowest BCUT2D eigenvalue weighted by molar-refractivity contribution is -0.126. The van der Waals surface area contributed by atoms with Gasteiger partial charge in [0.05, 0.1) is 18.0 Å². The SMILES string of the molecule is Cc1ccc(/C=N/N=C2\SC(C)C(=O)N2Cc2ccc(F)cc2)c(C)c1. The number of hydrogen-bond acceptors (Lipinski definition) is 4. The Morgan fingerprint density at radius 2 is 1.92 bits per heavy atom. The van der Waals surface area contributed by atoms with E-state index in [-0.39, 0.29) is 17.0 Å². The van der Waals surface area contributed by atoms with E-state index in [2.05, 4.69) is 16.3 Å². The average molecular weight is 369 g/mol. The van der Waals surface area contributed by atoms with Gasteiger partial charge >= 0.3 is 0 Å². The Hall–Kier alpha value is -2.47. The first-order valence-electron chi connectivity index (χ1n) is 8.35. The maximum Gasteiger partial charge on any atom is 0.242 e. The van der Waals surface area contributed by atoms with E-state index in [0.29, 0.717) is 11.7 Å². The minimum Gasteiger partial charge on any atom is -0.284 e. The largest absolute Gasteiger partial charge is 0.284 e. The monoisotopic (exact) mass is 369 g/mol. The number of amidine groups is 1. The molecule has 2 aromatic rings. The third-order valence-corrected chi connectivity index (χ3v) is 5.21. The molecule has 0 radical (unpaired) electrons. The molecule has 0 saturated carbocycles. The zero-order valence-corrected chi connectivity index (χ0v) is 15.8. The molecule has 1 amide bonds. The van der Waals surface area contributed by atoms with Crippen LogP contribution in [0.4, 0.5) is 4.39 Å². The van der Waals surface area contributed by atoms with E-state index in [1.165, 1.54) is 29.5 Å². The summed E-state index contributed by atoms with van der Waals surface area (Å²) in [5, 5.41) is 8.79. The van der Waals surface area contributed by atoms with Gasteiger partial charge in [-0.3, -0.25) is 9.69 Å². The first-order chi connectivity index (χ1) is 12.4.